The number of hydrogen-bond acceptors (Lipinski definition) is 6. The van der Waals surface area contributed by atoms with Gasteiger partial charge in [0.2, 0.25) is 5.91 Å². The minimum Gasteiger partial charge on any atom is -0.486 e. The summed E-state index contributed by atoms with van der Waals surface area (Å²) in [5.41, 5.74) is 1.53. The van der Waals surface area contributed by atoms with Crippen molar-refractivity contribution in [3.05, 3.63) is 68.9 Å². The Kier molecular flexibility index (Phi) is 7.80. The number of amides is 2. The number of nitrogens with zero attached hydrogens (tertiary/aromatic N) is 5. The number of carbonyl (C=O) groups excluding carboxylic acids is 2. The maximum Gasteiger partial charge on any atom is 0.289 e. The van der Waals surface area contributed by atoms with Crippen LogP contribution < -0.4 is 20.8 Å². The van der Waals surface area contributed by atoms with Gasteiger partial charge in [0.1, 0.15) is 19.6 Å². The van der Waals surface area contributed by atoms with Crippen molar-refractivity contribution in [2.75, 3.05) is 12.4 Å². The number of hydrogen-bond donors (Lipinski definition) is 1. The second kappa shape index (κ2) is 10.7. The first-order valence-corrected chi connectivity index (χ1v) is 13.9. The van der Waals surface area contributed by atoms with Crippen molar-refractivity contribution in [2.45, 2.75) is 30.8 Å². The highest BCUT2D eigenvalue weighted by Crippen LogP contribution is 2.22. The summed E-state index contributed by atoms with van der Waals surface area (Å²) in [5.74, 6) is -0.725. The first kappa shape index (κ1) is 26.9. The Morgan fingerprint density at radius 1 is 1.22 bits per heavy atom. The number of nitrogens with one attached hydrogen (secondary N) is 1. The summed E-state index contributed by atoms with van der Waals surface area (Å²) in [7, 11) is -1.02. The molecule has 1 aromatic heterocycles. The van der Waals surface area contributed by atoms with Gasteiger partial charge in [0.25, 0.3) is 27.2 Å². The number of aryl methyl sites for hydroxylation is 2. The zero-order chi connectivity index (χ0) is 26.9. The molecule has 1 aliphatic heterocycles. The van der Waals surface area contributed by atoms with Crippen molar-refractivity contribution in [2.24, 2.45) is 11.4 Å². The fourth-order valence-electron chi connectivity index (χ4n) is 3.69. The van der Waals surface area contributed by atoms with Crippen LogP contribution >= 0.6 is 34.8 Å². The number of aromatic nitrogens is 2. The smallest absolute Gasteiger partial charge is 0.289 e. The number of benzene rings is 2. The Morgan fingerprint density at radius 2 is 1.86 bits per heavy atom. The van der Waals surface area contributed by atoms with E-state index < -0.39 is 16.1 Å². The van der Waals surface area contributed by atoms with Crippen molar-refractivity contribution in [1.82, 2.24) is 15.1 Å². The Balaban J connectivity index is 1.61. The van der Waals surface area contributed by atoms with Crippen molar-refractivity contribution >= 4 is 67.4 Å². The first-order chi connectivity index (χ1) is 17.5. The van der Waals surface area contributed by atoms with Gasteiger partial charge in [0.15, 0.2) is 5.11 Å². The molecule has 2 heterocycles. The summed E-state index contributed by atoms with van der Waals surface area (Å²) in [5, 5.41) is 6.77. The normalized spacial score (nSPS) is 16.5. The predicted molar refractivity (Wildman–Crippen MR) is 144 cm³/mol. The fourth-order valence-corrected chi connectivity index (χ4v) is 5.27. The Hall–Kier alpha value is -3.11. The SMILES string of the molecule is Cc1ccc(S(=O)(=O)/N=c2\o[n-][n+](C)c2CN2C(=S)N(C)C(=O)C2CC(=O)Nc2ccc(I)cc2)cc1. The van der Waals surface area contributed by atoms with Crippen molar-refractivity contribution in [3.63, 3.8) is 0 Å². The van der Waals surface area contributed by atoms with Crippen LogP contribution in [0.2, 0.25) is 0 Å². The summed E-state index contributed by atoms with van der Waals surface area (Å²) >= 11 is 7.63. The number of halogens is 1. The lowest BCUT2D eigenvalue weighted by Crippen LogP contribution is -2.45. The average molecular weight is 655 g/mol. The van der Waals surface area contributed by atoms with E-state index in [1.165, 1.54) is 33.7 Å². The molecule has 1 N–H and O–H groups in total. The minimum absolute atomic E-state index is 0.000135. The molecule has 0 radical (unpaired) electrons. The van der Waals surface area contributed by atoms with Crippen molar-refractivity contribution < 1.29 is 27.2 Å². The predicted octanol–water partition coefficient (Wildman–Crippen LogP) is 1.22. The minimum atomic E-state index is -4.09. The molecular formula is C23H23IN6O5S2. The quantitative estimate of drug-likeness (QED) is 0.229. The fraction of sp³-hybridized carbons (Fsp3) is 0.261. The van der Waals surface area contributed by atoms with Gasteiger partial charge in [0, 0.05) is 16.3 Å². The van der Waals surface area contributed by atoms with Crippen LogP contribution in [0.5, 0.6) is 0 Å². The number of rotatable bonds is 7. The molecule has 0 saturated carbocycles. The third-order valence-electron chi connectivity index (χ3n) is 5.76. The van der Waals surface area contributed by atoms with Gasteiger partial charge in [-0.3, -0.25) is 19.8 Å². The van der Waals surface area contributed by atoms with Gasteiger partial charge in [-0.15, -0.1) is 4.40 Å². The molecular weight excluding hydrogens is 631 g/mol. The summed E-state index contributed by atoms with van der Waals surface area (Å²) < 4.78 is 37.1. The molecule has 194 valence electrons. The Morgan fingerprint density at radius 3 is 2.51 bits per heavy atom. The lowest BCUT2D eigenvalue weighted by molar-refractivity contribution is -0.752. The van der Waals surface area contributed by atoms with E-state index in [0.717, 1.165) is 9.13 Å². The van der Waals surface area contributed by atoms with E-state index in [0.29, 0.717) is 5.69 Å². The molecule has 37 heavy (non-hydrogen) atoms. The highest BCUT2D eigenvalue weighted by atomic mass is 127. The summed E-state index contributed by atoms with van der Waals surface area (Å²) in [6.07, 6.45) is -0.168. The molecule has 0 spiro atoms. The van der Waals surface area contributed by atoms with Gasteiger partial charge in [-0.05, 0) is 78.1 Å². The molecule has 4 rings (SSSR count). The largest absolute Gasteiger partial charge is 0.486 e. The van der Waals surface area contributed by atoms with Crippen LogP contribution in [0.1, 0.15) is 17.7 Å². The molecule has 3 aromatic rings. The van der Waals surface area contributed by atoms with E-state index in [1.54, 1.807) is 31.3 Å². The Labute approximate surface area is 232 Å². The number of thiocarbonyl (C=S) groups is 1. The molecule has 11 nitrogen and oxygen atoms in total. The highest BCUT2D eigenvalue weighted by Gasteiger charge is 2.43. The summed E-state index contributed by atoms with van der Waals surface area (Å²) in [6.45, 7) is 1.79. The van der Waals surface area contributed by atoms with E-state index in [4.69, 9.17) is 16.7 Å². The summed E-state index contributed by atoms with van der Waals surface area (Å²) in [4.78, 5) is 28.5. The number of sulfonamides is 1. The van der Waals surface area contributed by atoms with Crippen LogP contribution in [-0.4, -0.2) is 48.2 Å². The zero-order valence-corrected chi connectivity index (χ0v) is 23.9. The van der Waals surface area contributed by atoms with E-state index in [-0.39, 0.29) is 46.0 Å². The molecule has 2 amide bonds. The van der Waals surface area contributed by atoms with Crippen molar-refractivity contribution in [3.8, 4) is 0 Å². The van der Waals surface area contributed by atoms with E-state index in [9.17, 15) is 18.0 Å². The van der Waals surface area contributed by atoms with Gasteiger partial charge in [-0.2, -0.15) is 8.42 Å². The second-order valence-electron chi connectivity index (χ2n) is 8.41. The maximum atomic E-state index is 12.9. The topological polar surface area (TPSA) is 130 Å². The first-order valence-electron chi connectivity index (χ1n) is 11.0. The summed E-state index contributed by atoms with van der Waals surface area (Å²) in [6, 6.07) is 12.6. The standard InChI is InChI=1S/C23H23IN6O5S2/c1-14-4-10-17(11-5-14)37(33,34)26-21-19(29(3)27-35-21)13-30-18(22(32)28(2)23(30)36)12-20(31)25-16-8-6-15(24)7-9-16/h4-11,18H,12-13H2,1-3H3,(H,25,31)/b26-21-. The van der Waals surface area contributed by atoms with Crippen LogP contribution in [0.15, 0.2) is 62.3 Å². The molecule has 14 heteroatoms. The molecule has 1 atom stereocenters. The van der Waals surface area contributed by atoms with Crippen LogP contribution in [0.3, 0.4) is 0 Å². The van der Waals surface area contributed by atoms with Crippen LogP contribution in [0, 0.1) is 10.5 Å². The lowest BCUT2D eigenvalue weighted by atomic mass is 10.1. The average Bonchev–Trinajstić information content (AvgIpc) is 3.28. The molecule has 1 fully saturated rings. The van der Waals surface area contributed by atoms with E-state index in [2.05, 4.69) is 37.6 Å². The molecule has 1 aliphatic rings. The van der Waals surface area contributed by atoms with Gasteiger partial charge < -0.3 is 14.7 Å². The van der Waals surface area contributed by atoms with Crippen LogP contribution in [0.4, 0.5) is 5.69 Å². The van der Waals surface area contributed by atoms with Gasteiger partial charge in [-0.25, -0.2) is 4.68 Å². The maximum absolute atomic E-state index is 12.9. The molecule has 1 unspecified atom stereocenters. The van der Waals surface area contributed by atoms with Gasteiger partial charge >= 0.3 is 0 Å². The van der Waals surface area contributed by atoms with E-state index in [1.807, 2.05) is 19.1 Å². The third-order valence-corrected chi connectivity index (χ3v) is 8.26. The van der Waals surface area contributed by atoms with Crippen LogP contribution in [0.25, 0.3) is 0 Å². The molecule has 0 bridgehead atoms. The number of carbonyl (C=O) groups is 2. The zero-order valence-electron chi connectivity index (χ0n) is 20.1. The lowest BCUT2D eigenvalue weighted by Gasteiger charge is -2.21. The second-order valence-corrected chi connectivity index (χ2v) is 11.6. The molecule has 0 aliphatic carbocycles. The monoisotopic (exact) mass is 654 g/mol. The number of anilines is 1. The molecule has 1 saturated heterocycles. The highest BCUT2D eigenvalue weighted by molar-refractivity contribution is 14.1. The van der Waals surface area contributed by atoms with Crippen molar-refractivity contribution in [1.29, 1.82) is 0 Å². The Bertz CT molecular complexity index is 1530. The van der Waals surface area contributed by atoms with E-state index >= 15 is 0 Å². The van der Waals surface area contributed by atoms with Gasteiger partial charge in [0.05, 0.1) is 11.3 Å². The van der Waals surface area contributed by atoms with Gasteiger partial charge in [-0.1, -0.05) is 17.7 Å². The molecule has 2 aromatic carbocycles. The van der Waals surface area contributed by atoms with Crippen LogP contribution in [-0.2, 0) is 33.2 Å². The third kappa shape index (κ3) is 5.91. The number of likely N-dealkylation sites (N-methyl/N-ethyl adjacent to an activating group) is 1.